The summed E-state index contributed by atoms with van der Waals surface area (Å²) in [7, 11) is 1.64. The van der Waals surface area contributed by atoms with Crippen LogP contribution in [0.5, 0.6) is 0 Å². The van der Waals surface area contributed by atoms with Crippen LogP contribution in [0.25, 0.3) is 0 Å². The molecule has 0 amide bonds. The van der Waals surface area contributed by atoms with Gasteiger partial charge >= 0.3 is 5.97 Å². The molecule has 0 aromatic rings. The molecule has 0 aliphatic heterocycles. The highest BCUT2D eigenvalue weighted by Gasteiger charge is 2.29. The first kappa shape index (κ1) is 15.4. The van der Waals surface area contributed by atoms with Crippen molar-refractivity contribution in [2.45, 2.75) is 52.7 Å². The zero-order valence-electron chi connectivity index (χ0n) is 11.3. The van der Waals surface area contributed by atoms with E-state index < -0.39 is 6.04 Å². The topological polar surface area (TPSA) is 61.5 Å². The number of hydrogen-bond donors (Lipinski definition) is 1. The molecule has 2 N–H and O–H groups in total. The van der Waals surface area contributed by atoms with E-state index in [0.29, 0.717) is 13.0 Å². The number of rotatable bonds is 5. The SMILES string of the molecule is COC(C)(C)CCOC(=O)C(N)C(C)(C)C. The predicted octanol–water partition coefficient (Wildman–Crippen LogP) is 1.72. The molecule has 0 spiro atoms. The molecular formula is C12H25NO3. The molecule has 0 radical (unpaired) electrons. The lowest BCUT2D eigenvalue weighted by Crippen LogP contribution is -2.43. The Kier molecular flexibility index (Phi) is 5.42. The molecule has 0 rings (SSSR count). The molecule has 4 nitrogen and oxygen atoms in total. The van der Waals surface area contributed by atoms with Crippen LogP contribution in [0.15, 0.2) is 0 Å². The first-order valence-corrected chi connectivity index (χ1v) is 5.57. The minimum absolute atomic E-state index is 0.270. The van der Waals surface area contributed by atoms with E-state index in [2.05, 4.69) is 0 Å². The average Bonchev–Trinajstić information content (AvgIpc) is 2.14. The van der Waals surface area contributed by atoms with Crippen LogP contribution in [0.1, 0.15) is 41.0 Å². The molecule has 16 heavy (non-hydrogen) atoms. The monoisotopic (exact) mass is 231 g/mol. The second-order valence-electron chi connectivity index (χ2n) is 5.73. The van der Waals surface area contributed by atoms with Crippen LogP contribution in [0.2, 0.25) is 0 Å². The van der Waals surface area contributed by atoms with Gasteiger partial charge in [-0.1, -0.05) is 20.8 Å². The van der Waals surface area contributed by atoms with E-state index in [1.54, 1.807) is 7.11 Å². The molecule has 1 unspecified atom stereocenters. The molecule has 96 valence electrons. The van der Waals surface area contributed by atoms with Gasteiger partial charge in [-0.05, 0) is 19.3 Å². The molecule has 0 saturated carbocycles. The molecule has 0 aliphatic rings. The molecule has 0 saturated heterocycles. The summed E-state index contributed by atoms with van der Waals surface area (Å²) in [5, 5.41) is 0. The van der Waals surface area contributed by atoms with Crippen LogP contribution < -0.4 is 5.73 Å². The van der Waals surface area contributed by atoms with Crippen LogP contribution in [-0.4, -0.2) is 31.3 Å². The molecule has 0 bridgehead atoms. The van der Waals surface area contributed by atoms with Crippen LogP contribution in [0, 0.1) is 5.41 Å². The first-order valence-electron chi connectivity index (χ1n) is 5.57. The highest BCUT2D eigenvalue weighted by atomic mass is 16.5. The summed E-state index contributed by atoms with van der Waals surface area (Å²) in [5.74, 6) is -0.348. The number of carbonyl (C=O) groups is 1. The van der Waals surface area contributed by atoms with Gasteiger partial charge in [0.2, 0.25) is 0 Å². The summed E-state index contributed by atoms with van der Waals surface area (Å²) in [4.78, 5) is 11.6. The van der Waals surface area contributed by atoms with Crippen molar-refractivity contribution in [1.82, 2.24) is 0 Å². The van der Waals surface area contributed by atoms with Crippen molar-refractivity contribution >= 4 is 5.97 Å². The van der Waals surface area contributed by atoms with E-state index in [4.69, 9.17) is 15.2 Å². The zero-order chi connectivity index (χ0) is 13.0. The third kappa shape index (κ3) is 5.47. The fourth-order valence-electron chi connectivity index (χ4n) is 0.943. The maximum Gasteiger partial charge on any atom is 0.323 e. The molecule has 0 aromatic carbocycles. The van der Waals surface area contributed by atoms with Crippen molar-refractivity contribution in [1.29, 1.82) is 0 Å². The number of methoxy groups -OCH3 is 1. The smallest absolute Gasteiger partial charge is 0.323 e. The lowest BCUT2D eigenvalue weighted by Gasteiger charge is -2.26. The molecule has 0 heterocycles. The minimum atomic E-state index is -0.585. The largest absolute Gasteiger partial charge is 0.464 e. The molecule has 0 aromatic heterocycles. The van der Waals surface area contributed by atoms with Gasteiger partial charge in [0.05, 0.1) is 12.2 Å². The second-order valence-corrected chi connectivity index (χ2v) is 5.73. The van der Waals surface area contributed by atoms with Crippen LogP contribution in [-0.2, 0) is 14.3 Å². The quantitative estimate of drug-likeness (QED) is 0.732. The Balaban J connectivity index is 4.01. The van der Waals surface area contributed by atoms with E-state index >= 15 is 0 Å². The van der Waals surface area contributed by atoms with Gasteiger partial charge in [0.25, 0.3) is 0 Å². The van der Waals surface area contributed by atoms with Gasteiger partial charge in [0.15, 0.2) is 0 Å². The van der Waals surface area contributed by atoms with Crippen molar-refractivity contribution in [3.8, 4) is 0 Å². The third-order valence-electron chi connectivity index (χ3n) is 2.69. The van der Waals surface area contributed by atoms with E-state index in [1.165, 1.54) is 0 Å². The van der Waals surface area contributed by atoms with E-state index in [0.717, 1.165) is 0 Å². The number of nitrogens with two attached hydrogens (primary N) is 1. The Bertz CT molecular complexity index is 231. The summed E-state index contributed by atoms with van der Waals surface area (Å²) in [6, 6.07) is -0.585. The Morgan fingerprint density at radius 1 is 1.25 bits per heavy atom. The van der Waals surface area contributed by atoms with Gasteiger partial charge in [0, 0.05) is 13.5 Å². The van der Waals surface area contributed by atoms with E-state index in [-0.39, 0.29) is 17.0 Å². The molecule has 4 heteroatoms. The maximum atomic E-state index is 11.6. The van der Waals surface area contributed by atoms with Crippen molar-refractivity contribution in [3.05, 3.63) is 0 Å². The van der Waals surface area contributed by atoms with Crippen molar-refractivity contribution in [3.63, 3.8) is 0 Å². The highest BCUT2D eigenvalue weighted by molar-refractivity contribution is 5.76. The van der Waals surface area contributed by atoms with Crippen LogP contribution in [0.4, 0.5) is 0 Å². The fraction of sp³-hybridized carbons (Fsp3) is 0.917. The van der Waals surface area contributed by atoms with E-state index in [1.807, 2.05) is 34.6 Å². The van der Waals surface area contributed by atoms with Crippen molar-refractivity contribution in [2.75, 3.05) is 13.7 Å². The summed E-state index contributed by atoms with van der Waals surface area (Å²) in [6.45, 7) is 9.98. The van der Waals surface area contributed by atoms with Crippen molar-refractivity contribution < 1.29 is 14.3 Å². The Morgan fingerprint density at radius 3 is 2.12 bits per heavy atom. The molecule has 0 fully saturated rings. The second kappa shape index (κ2) is 5.64. The first-order chi connectivity index (χ1) is 7.10. The Morgan fingerprint density at radius 2 is 1.75 bits per heavy atom. The summed E-state index contributed by atoms with van der Waals surface area (Å²) >= 11 is 0. The average molecular weight is 231 g/mol. The van der Waals surface area contributed by atoms with Gasteiger partial charge in [-0.3, -0.25) is 4.79 Å². The number of hydrogen-bond acceptors (Lipinski definition) is 4. The van der Waals surface area contributed by atoms with Crippen LogP contribution in [0.3, 0.4) is 0 Å². The lowest BCUT2D eigenvalue weighted by molar-refractivity contribution is -0.149. The Hall–Kier alpha value is -0.610. The van der Waals surface area contributed by atoms with Gasteiger partial charge < -0.3 is 15.2 Å². The summed E-state index contributed by atoms with van der Waals surface area (Å²) in [6.07, 6.45) is 0.659. The fourth-order valence-corrected chi connectivity index (χ4v) is 0.943. The van der Waals surface area contributed by atoms with Gasteiger partial charge in [-0.25, -0.2) is 0 Å². The number of esters is 1. The van der Waals surface area contributed by atoms with E-state index in [9.17, 15) is 4.79 Å². The minimum Gasteiger partial charge on any atom is -0.464 e. The molecular weight excluding hydrogens is 206 g/mol. The predicted molar refractivity (Wildman–Crippen MR) is 64.1 cm³/mol. The van der Waals surface area contributed by atoms with Gasteiger partial charge in [-0.15, -0.1) is 0 Å². The number of carbonyl (C=O) groups excluding carboxylic acids is 1. The normalized spacial score (nSPS) is 14.7. The standard InChI is InChI=1S/C12H25NO3/c1-11(2,3)9(13)10(14)16-8-7-12(4,5)15-6/h9H,7-8,13H2,1-6H3. The van der Waals surface area contributed by atoms with Crippen molar-refractivity contribution in [2.24, 2.45) is 11.1 Å². The summed E-state index contributed by atoms with van der Waals surface area (Å²) < 4.78 is 10.3. The highest BCUT2D eigenvalue weighted by Crippen LogP contribution is 2.19. The number of ether oxygens (including phenoxy) is 2. The van der Waals surface area contributed by atoms with Crippen LogP contribution >= 0.6 is 0 Å². The summed E-state index contributed by atoms with van der Waals surface area (Å²) in [5.41, 5.74) is 5.23. The maximum absolute atomic E-state index is 11.6. The van der Waals surface area contributed by atoms with Gasteiger partial charge in [-0.2, -0.15) is 0 Å². The molecule has 1 atom stereocenters. The van der Waals surface area contributed by atoms with Gasteiger partial charge in [0.1, 0.15) is 6.04 Å². The molecule has 0 aliphatic carbocycles. The zero-order valence-corrected chi connectivity index (χ0v) is 11.3. The third-order valence-corrected chi connectivity index (χ3v) is 2.69. The Labute approximate surface area is 98.5 Å². The lowest BCUT2D eigenvalue weighted by atomic mass is 9.87.